The first-order valence-electron chi connectivity index (χ1n) is 6.36. The summed E-state index contributed by atoms with van der Waals surface area (Å²) in [5.74, 6) is -5.19. The van der Waals surface area contributed by atoms with Crippen LogP contribution in [-0.2, 0) is 18.9 Å². The van der Waals surface area contributed by atoms with Crippen molar-refractivity contribution < 1.29 is 38.9 Å². The van der Waals surface area contributed by atoms with E-state index in [4.69, 9.17) is 24.7 Å². The van der Waals surface area contributed by atoms with Gasteiger partial charge in [-0.05, 0) is 12.8 Å². The molecule has 0 aromatic rings. The lowest BCUT2D eigenvalue weighted by Crippen LogP contribution is -2.39. The fourth-order valence-corrected chi connectivity index (χ4v) is 3.29. The molecule has 0 spiro atoms. The van der Waals surface area contributed by atoms with E-state index in [0.29, 0.717) is 0 Å². The third kappa shape index (κ3) is 4.86. The maximum absolute atomic E-state index is 11.2. The predicted molar refractivity (Wildman–Crippen MR) is 67.4 cm³/mol. The first-order valence-corrected chi connectivity index (χ1v) is 8.04. The van der Waals surface area contributed by atoms with Crippen LogP contribution >= 0.6 is 7.60 Å². The van der Waals surface area contributed by atoms with Gasteiger partial charge in [0.1, 0.15) is 5.92 Å². The van der Waals surface area contributed by atoms with Crippen molar-refractivity contribution in [3.8, 4) is 0 Å². The monoisotopic (exact) mass is 310 g/mol. The van der Waals surface area contributed by atoms with Crippen LogP contribution in [0, 0.1) is 5.92 Å². The Morgan fingerprint density at radius 3 is 2.05 bits per heavy atom. The molecule has 1 aliphatic carbocycles. The summed E-state index contributed by atoms with van der Waals surface area (Å²) >= 11 is 0. The number of rotatable bonds is 7. The van der Waals surface area contributed by atoms with Crippen molar-refractivity contribution in [3.63, 3.8) is 0 Å². The van der Waals surface area contributed by atoms with Gasteiger partial charge in [-0.1, -0.05) is 19.3 Å². The van der Waals surface area contributed by atoms with Crippen LogP contribution in [0.5, 0.6) is 0 Å². The van der Waals surface area contributed by atoms with Crippen LogP contribution in [0.25, 0.3) is 0 Å². The van der Waals surface area contributed by atoms with Crippen LogP contribution < -0.4 is 0 Å². The van der Waals surface area contributed by atoms with Crippen molar-refractivity contribution in [2.24, 2.45) is 5.92 Å². The summed E-state index contributed by atoms with van der Waals surface area (Å²) in [5.41, 5.74) is -2.29. The van der Waals surface area contributed by atoms with Gasteiger partial charge >= 0.3 is 19.5 Å². The molecule has 8 nitrogen and oxygen atoms in total. The van der Waals surface area contributed by atoms with E-state index in [1.54, 1.807) is 0 Å². The number of carboxylic acids is 2. The largest absolute Gasteiger partial charge is 0.481 e. The Morgan fingerprint density at radius 2 is 1.65 bits per heavy atom. The Bertz CT molecular complexity index is 397. The van der Waals surface area contributed by atoms with Crippen molar-refractivity contribution in [2.45, 2.75) is 43.9 Å². The van der Waals surface area contributed by atoms with Gasteiger partial charge in [0.25, 0.3) is 0 Å². The summed E-state index contributed by atoms with van der Waals surface area (Å²) < 4.78 is 16.5. The zero-order valence-corrected chi connectivity index (χ0v) is 11.7. The SMILES string of the molecule is O=C(O)C(COC1CCCCC1)C(C(=O)O)P(=O)(O)O. The van der Waals surface area contributed by atoms with Crippen LogP contribution in [0.15, 0.2) is 0 Å². The Hall–Kier alpha value is -0.950. The van der Waals surface area contributed by atoms with Crippen molar-refractivity contribution in [2.75, 3.05) is 6.61 Å². The average Bonchev–Trinajstić information content (AvgIpc) is 2.33. The van der Waals surface area contributed by atoms with E-state index in [9.17, 15) is 14.2 Å². The van der Waals surface area contributed by atoms with Crippen molar-refractivity contribution in [1.82, 2.24) is 0 Å². The van der Waals surface area contributed by atoms with Crippen LogP contribution in [0.1, 0.15) is 32.1 Å². The van der Waals surface area contributed by atoms with Gasteiger partial charge < -0.3 is 24.7 Å². The molecule has 0 saturated heterocycles. The van der Waals surface area contributed by atoms with Gasteiger partial charge in [0.2, 0.25) is 0 Å². The molecule has 0 bridgehead atoms. The zero-order chi connectivity index (χ0) is 15.3. The highest BCUT2D eigenvalue weighted by Crippen LogP contribution is 2.45. The molecule has 9 heteroatoms. The Labute approximate surface area is 115 Å². The van der Waals surface area contributed by atoms with Crippen molar-refractivity contribution in [1.29, 1.82) is 0 Å². The molecule has 1 rings (SSSR count). The highest BCUT2D eigenvalue weighted by Gasteiger charge is 2.46. The molecule has 1 fully saturated rings. The average molecular weight is 310 g/mol. The van der Waals surface area contributed by atoms with E-state index in [0.717, 1.165) is 32.1 Å². The molecule has 2 atom stereocenters. The number of carboxylic acid groups (broad SMARTS) is 2. The van der Waals surface area contributed by atoms with Crippen LogP contribution in [-0.4, -0.2) is 50.3 Å². The lowest BCUT2D eigenvalue weighted by molar-refractivity contribution is -0.151. The van der Waals surface area contributed by atoms with Crippen molar-refractivity contribution in [3.05, 3.63) is 0 Å². The number of hydrogen-bond donors (Lipinski definition) is 4. The number of hydrogen-bond acceptors (Lipinski definition) is 4. The van der Waals surface area contributed by atoms with Gasteiger partial charge in [-0.15, -0.1) is 0 Å². The minimum atomic E-state index is -5.07. The summed E-state index contributed by atoms with van der Waals surface area (Å²) in [5, 5.41) is 17.9. The number of carbonyl (C=O) groups is 2. The van der Waals surface area contributed by atoms with Crippen molar-refractivity contribution >= 4 is 19.5 Å². The highest BCUT2D eigenvalue weighted by molar-refractivity contribution is 7.53. The molecule has 0 radical (unpaired) electrons. The third-order valence-corrected chi connectivity index (χ3v) is 4.68. The minimum Gasteiger partial charge on any atom is -0.481 e. The number of ether oxygens (including phenoxy) is 1. The van der Waals surface area contributed by atoms with Crippen LogP contribution in [0.4, 0.5) is 0 Å². The van der Waals surface area contributed by atoms with E-state index in [1.807, 2.05) is 0 Å². The third-order valence-electron chi connectivity index (χ3n) is 3.38. The summed E-state index contributed by atoms with van der Waals surface area (Å²) in [6.45, 7) is -0.512. The molecule has 1 aliphatic rings. The molecule has 0 heterocycles. The van der Waals surface area contributed by atoms with Gasteiger partial charge in [0.05, 0.1) is 12.7 Å². The molecule has 0 aliphatic heterocycles. The molecular formula is C11H19O8P. The Kier molecular flexibility index (Phi) is 6.13. The van der Waals surface area contributed by atoms with Gasteiger partial charge in [-0.3, -0.25) is 14.2 Å². The van der Waals surface area contributed by atoms with E-state index < -0.39 is 37.7 Å². The summed E-state index contributed by atoms with van der Waals surface area (Å²) in [6, 6.07) is 0. The molecule has 116 valence electrons. The molecule has 1 saturated carbocycles. The Morgan fingerprint density at radius 1 is 1.10 bits per heavy atom. The van der Waals surface area contributed by atoms with Crippen LogP contribution in [0.3, 0.4) is 0 Å². The standard InChI is InChI=1S/C11H19O8P/c12-10(13)8(9(11(14)15)20(16,17)18)6-19-7-4-2-1-3-5-7/h7-9H,1-6H2,(H,12,13)(H,14,15)(H2,16,17,18). The van der Waals surface area contributed by atoms with Gasteiger partial charge in [0, 0.05) is 0 Å². The maximum atomic E-state index is 11.2. The van der Waals surface area contributed by atoms with E-state index in [1.165, 1.54) is 0 Å². The molecular weight excluding hydrogens is 291 g/mol. The molecule has 0 amide bonds. The quantitative estimate of drug-likeness (QED) is 0.503. The second kappa shape index (κ2) is 7.17. The molecule has 4 N–H and O–H groups in total. The molecule has 0 aromatic carbocycles. The summed E-state index contributed by atoms with van der Waals surface area (Å²) in [7, 11) is -5.07. The van der Waals surface area contributed by atoms with Gasteiger partial charge in [-0.25, -0.2) is 0 Å². The second-order valence-corrected chi connectivity index (χ2v) is 6.64. The summed E-state index contributed by atoms with van der Waals surface area (Å²) in [6.07, 6.45) is 4.30. The van der Waals surface area contributed by atoms with E-state index in [2.05, 4.69) is 0 Å². The lowest BCUT2D eigenvalue weighted by atomic mass is 9.97. The predicted octanol–water partition coefficient (Wildman–Crippen LogP) is 0.667. The fraction of sp³-hybridized carbons (Fsp3) is 0.818. The second-order valence-electron chi connectivity index (χ2n) is 4.91. The minimum absolute atomic E-state index is 0.170. The molecule has 20 heavy (non-hydrogen) atoms. The first kappa shape index (κ1) is 17.1. The zero-order valence-electron chi connectivity index (χ0n) is 10.8. The molecule has 0 aromatic heterocycles. The van der Waals surface area contributed by atoms with Gasteiger partial charge in [0.15, 0.2) is 5.66 Å². The van der Waals surface area contributed by atoms with E-state index in [-0.39, 0.29) is 6.10 Å². The summed E-state index contributed by atoms with van der Waals surface area (Å²) in [4.78, 5) is 40.0. The smallest absolute Gasteiger partial charge is 0.340 e. The molecule has 2 unspecified atom stereocenters. The van der Waals surface area contributed by atoms with E-state index >= 15 is 0 Å². The van der Waals surface area contributed by atoms with Crippen LogP contribution in [0.2, 0.25) is 0 Å². The van der Waals surface area contributed by atoms with Gasteiger partial charge in [-0.2, -0.15) is 0 Å². The first-order chi connectivity index (χ1) is 9.23. The lowest BCUT2D eigenvalue weighted by Gasteiger charge is -2.26. The maximum Gasteiger partial charge on any atom is 0.340 e. The normalized spacial score (nSPS) is 20.3. The number of aliphatic carboxylic acids is 2. The Balaban J connectivity index is 2.74. The highest BCUT2D eigenvalue weighted by atomic mass is 31.2. The topological polar surface area (TPSA) is 141 Å². The fourth-order valence-electron chi connectivity index (χ4n) is 2.32.